The molecule has 2 N–H and O–H groups in total. The first-order valence-electron chi connectivity index (χ1n) is 6.74. The Labute approximate surface area is 112 Å². The van der Waals surface area contributed by atoms with Crippen molar-refractivity contribution in [2.45, 2.75) is 38.5 Å². The van der Waals surface area contributed by atoms with Gasteiger partial charge in [-0.15, -0.1) is 0 Å². The van der Waals surface area contributed by atoms with Crippen LogP contribution < -0.4 is 5.32 Å². The average molecular weight is 261 g/mol. The average Bonchev–Trinajstić information content (AvgIpc) is 3.19. The first-order valence-corrected chi connectivity index (χ1v) is 6.74. The van der Waals surface area contributed by atoms with Gasteiger partial charge in [0, 0.05) is 18.5 Å². The SMILES string of the molecule is O=C(O)CCc1ccc(NC(=O)CCC2CC2)cc1. The number of rotatable bonds is 7. The second-order valence-electron chi connectivity index (χ2n) is 5.12. The van der Waals surface area contributed by atoms with Gasteiger partial charge in [0.15, 0.2) is 0 Å². The largest absolute Gasteiger partial charge is 0.481 e. The zero-order chi connectivity index (χ0) is 13.7. The monoisotopic (exact) mass is 261 g/mol. The number of aliphatic carboxylic acids is 1. The zero-order valence-corrected chi connectivity index (χ0v) is 10.9. The molecule has 1 saturated carbocycles. The molecule has 1 aliphatic carbocycles. The predicted molar refractivity (Wildman–Crippen MR) is 73.0 cm³/mol. The van der Waals surface area contributed by atoms with Crippen LogP contribution in [0.3, 0.4) is 0 Å². The van der Waals surface area contributed by atoms with Gasteiger partial charge >= 0.3 is 5.97 Å². The second kappa shape index (κ2) is 6.36. The van der Waals surface area contributed by atoms with Crippen LogP contribution in [0.15, 0.2) is 24.3 Å². The second-order valence-corrected chi connectivity index (χ2v) is 5.12. The van der Waals surface area contributed by atoms with Crippen molar-refractivity contribution in [3.63, 3.8) is 0 Å². The molecule has 0 aliphatic heterocycles. The van der Waals surface area contributed by atoms with E-state index in [9.17, 15) is 9.59 Å². The number of amides is 1. The van der Waals surface area contributed by atoms with Crippen LogP contribution in [0.2, 0.25) is 0 Å². The first kappa shape index (κ1) is 13.6. The number of hydrogen-bond donors (Lipinski definition) is 2. The first-order chi connectivity index (χ1) is 9.13. The van der Waals surface area contributed by atoms with Gasteiger partial charge in [0.05, 0.1) is 0 Å². The molecule has 1 amide bonds. The summed E-state index contributed by atoms with van der Waals surface area (Å²) in [6.07, 6.45) is 4.77. The quantitative estimate of drug-likeness (QED) is 0.793. The molecule has 1 aromatic rings. The fraction of sp³-hybridized carbons (Fsp3) is 0.467. The Morgan fingerprint density at radius 3 is 2.42 bits per heavy atom. The Hall–Kier alpha value is -1.84. The summed E-state index contributed by atoms with van der Waals surface area (Å²) in [7, 11) is 0. The lowest BCUT2D eigenvalue weighted by atomic mass is 10.1. The van der Waals surface area contributed by atoms with Crippen LogP contribution in [0, 0.1) is 5.92 Å². The van der Waals surface area contributed by atoms with Gasteiger partial charge in [-0.25, -0.2) is 0 Å². The highest BCUT2D eigenvalue weighted by Crippen LogP contribution is 2.33. The number of anilines is 1. The molecule has 1 fully saturated rings. The van der Waals surface area contributed by atoms with Crippen LogP contribution >= 0.6 is 0 Å². The summed E-state index contributed by atoms with van der Waals surface area (Å²) in [4.78, 5) is 22.1. The van der Waals surface area contributed by atoms with Crippen molar-refractivity contribution in [2.24, 2.45) is 5.92 Å². The maximum absolute atomic E-state index is 11.7. The topological polar surface area (TPSA) is 66.4 Å². The third-order valence-electron chi connectivity index (χ3n) is 3.34. The number of carboxylic acid groups (broad SMARTS) is 1. The summed E-state index contributed by atoms with van der Waals surface area (Å²) in [5.74, 6) is 0.0341. The molecule has 0 bridgehead atoms. The van der Waals surface area contributed by atoms with E-state index in [4.69, 9.17) is 5.11 Å². The Bertz CT molecular complexity index is 449. The van der Waals surface area contributed by atoms with E-state index in [2.05, 4.69) is 5.32 Å². The molecule has 0 radical (unpaired) electrons. The van der Waals surface area contributed by atoms with Crippen LogP contribution in [-0.4, -0.2) is 17.0 Å². The van der Waals surface area contributed by atoms with Crippen LogP contribution in [0.5, 0.6) is 0 Å². The summed E-state index contributed by atoms with van der Waals surface area (Å²) in [5, 5.41) is 11.5. The molecule has 4 nitrogen and oxygen atoms in total. The Balaban J connectivity index is 1.76. The van der Waals surface area contributed by atoms with Crippen LogP contribution in [-0.2, 0) is 16.0 Å². The molecule has 102 valence electrons. The van der Waals surface area contributed by atoms with Gasteiger partial charge in [0.1, 0.15) is 0 Å². The van der Waals surface area contributed by atoms with Crippen LogP contribution in [0.4, 0.5) is 5.69 Å². The molecule has 0 atom stereocenters. The van der Waals surface area contributed by atoms with Crippen molar-refractivity contribution < 1.29 is 14.7 Å². The number of carbonyl (C=O) groups is 2. The molecule has 0 aromatic heterocycles. The molecule has 1 aromatic carbocycles. The number of hydrogen-bond acceptors (Lipinski definition) is 2. The molecule has 19 heavy (non-hydrogen) atoms. The van der Waals surface area contributed by atoms with Gasteiger partial charge in [-0.2, -0.15) is 0 Å². The Morgan fingerprint density at radius 2 is 1.84 bits per heavy atom. The highest BCUT2D eigenvalue weighted by atomic mass is 16.4. The summed E-state index contributed by atoms with van der Waals surface area (Å²) in [6.45, 7) is 0. The lowest BCUT2D eigenvalue weighted by molar-refractivity contribution is -0.137. The number of benzene rings is 1. The summed E-state index contributed by atoms with van der Waals surface area (Å²) in [5.41, 5.74) is 1.75. The van der Waals surface area contributed by atoms with E-state index in [1.54, 1.807) is 0 Å². The number of nitrogens with one attached hydrogen (secondary N) is 1. The van der Waals surface area contributed by atoms with E-state index in [1.807, 2.05) is 24.3 Å². The lowest BCUT2D eigenvalue weighted by Gasteiger charge is -2.06. The molecule has 0 saturated heterocycles. The molecule has 0 spiro atoms. The summed E-state index contributed by atoms with van der Waals surface area (Å²) in [6, 6.07) is 7.37. The lowest BCUT2D eigenvalue weighted by Crippen LogP contribution is -2.11. The Kier molecular flexibility index (Phi) is 4.55. The minimum atomic E-state index is -0.794. The number of aryl methyl sites for hydroxylation is 1. The smallest absolute Gasteiger partial charge is 0.303 e. The van der Waals surface area contributed by atoms with E-state index in [0.29, 0.717) is 12.8 Å². The predicted octanol–water partition coefficient (Wildman–Crippen LogP) is 2.83. The fourth-order valence-corrected chi connectivity index (χ4v) is 1.97. The van der Waals surface area contributed by atoms with Crippen molar-refractivity contribution >= 4 is 17.6 Å². The van der Waals surface area contributed by atoms with Crippen molar-refractivity contribution in [3.05, 3.63) is 29.8 Å². The molecular formula is C15H19NO3. The van der Waals surface area contributed by atoms with Gasteiger partial charge in [-0.1, -0.05) is 25.0 Å². The van der Waals surface area contributed by atoms with Gasteiger partial charge in [-0.05, 0) is 36.5 Å². The molecule has 0 heterocycles. The molecule has 2 rings (SSSR count). The molecular weight excluding hydrogens is 242 g/mol. The van der Waals surface area contributed by atoms with Crippen molar-refractivity contribution in [1.29, 1.82) is 0 Å². The van der Waals surface area contributed by atoms with E-state index < -0.39 is 5.97 Å². The minimum absolute atomic E-state index is 0.0604. The van der Waals surface area contributed by atoms with Crippen LogP contribution in [0.25, 0.3) is 0 Å². The normalized spacial score (nSPS) is 14.1. The number of carbonyl (C=O) groups excluding carboxylic acids is 1. The van der Waals surface area contributed by atoms with E-state index in [1.165, 1.54) is 12.8 Å². The number of carboxylic acids is 1. The van der Waals surface area contributed by atoms with Crippen LogP contribution in [0.1, 0.15) is 37.7 Å². The van der Waals surface area contributed by atoms with Crippen molar-refractivity contribution in [2.75, 3.05) is 5.32 Å². The summed E-state index contributed by atoms with van der Waals surface area (Å²) < 4.78 is 0. The van der Waals surface area contributed by atoms with E-state index in [-0.39, 0.29) is 12.3 Å². The van der Waals surface area contributed by atoms with E-state index in [0.717, 1.165) is 23.6 Å². The maximum Gasteiger partial charge on any atom is 0.303 e. The highest BCUT2D eigenvalue weighted by molar-refractivity contribution is 5.90. The molecule has 0 unspecified atom stereocenters. The van der Waals surface area contributed by atoms with Gasteiger partial charge in [-0.3, -0.25) is 9.59 Å². The maximum atomic E-state index is 11.7. The third-order valence-corrected chi connectivity index (χ3v) is 3.34. The van der Waals surface area contributed by atoms with Gasteiger partial charge in [0.2, 0.25) is 5.91 Å². The van der Waals surface area contributed by atoms with Crippen molar-refractivity contribution in [1.82, 2.24) is 0 Å². The van der Waals surface area contributed by atoms with E-state index >= 15 is 0 Å². The molecule has 4 heteroatoms. The highest BCUT2D eigenvalue weighted by Gasteiger charge is 2.21. The Morgan fingerprint density at radius 1 is 1.16 bits per heavy atom. The zero-order valence-electron chi connectivity index (χ0n) is 10.9. The van der Waals surface area contributed by atoms with Crippen molar-refractivity contribution in [3.8, 4) is 0 Å². The molecule has 1 aliphatic rings. The standard InChI is InChI=1S/C15H19NO3/c17-14(9-5-11-1-2-11)16-13-7-3-12(4-8-13)6-10-15(18)19/h3-4,7-8,11H,1-2,5-6,9-10H2,(H,16,17)(H,18,19). The minimum Gasteiger partial charge on any atom is -0.481 e. The third kappa shape index (κ3) is 5.12. The van der Waals surface area contributed by atoms with Gasteiger partial charge < -0.3 is 10.4 Å². The fourth-order valence-electron chi connectivity index (χ4n) is 1.97. The van der Waals surface area contributed by atoms with Gasteiger partial charge in [0.25, 0.3) is 0 Å². The summed E-state index contributed by atoms with van der Waals surface area (Å²) >= 11 is 0.